The summed E-state index contributed by atoms with van der Waals surface area (Å²) in [5.41, 5.74) is 9.11. The number of rotatable bonds is 4. The molecule has 0 atom stereocenters. The predicted octanol–water partition coefficient (Wildman–Crippen LogP) is 3.58. The van der Waals surface area contributed by atoms with Gasteiger partial charge in [-0.05, 0) is 36.2 Å². The summed E-state index contributed by atoms with van der Waals surface area (Å²) in [7, 11) is 0. The summed E-state index contributed by atoms with van der Waals surface area (Å²) < 4.78 is 0.835. The third-order valence-corrected chi connectivity index (χ3v) is 3.96. The summed E-state index contributed by atoms with van der Waals surface area (Å²) in [6.45, 7) is 3.71. The molecule has 1 aromatic carbocycles. The van der Waals surface area contributed by atoms with Gasteiger partial charge in [0.25, 0.3) is 0 Å². The van der Waals surface area contributed by atoms with Crippen LogP contribution < -0.4 is 11.1 Å². The molecular weight excluding hydrogens is 252 g/mol. The molecule has 1 heterocycles. The van der Waals surface area contributed by atoms with Crippen molar-refractivity contribution in [2.24, 2.45) is 0 Å². The molecule has 3 N–H and O–H groups in total. The molecule has 0 unspecified atom stereocenters. The highest BCUT2D eigenvalue weighted by Crippen LogP contribution is 2.21. The van der Waals surface area contributed by atoms with Gasteiger partial charge in [-0.1, -0.05) is 23.7 Å². The lowest BCUT2D eigenvalue weighted by Crippen LogP contribution is -2.13. The number of hydrogen-bond acceptors (Lipinski definition) is 3. The number of nitrogens with two attached hydrogens (primary N) is 1. The zero-order valence-corrected chi connectivity index (χ0v) is 11.2. The Morgan fingerprint density at radius 3 is 2.76 bits per heavy atom. The monoisotopic (exact) mass is 266 g/mol. The van der Waals surface area contributed by atoms with E-state index >= 15 is 0 Å². The van der Waals surface area contributed by atoms with Crippen LogP contribution in [0.3, 0.4) is 0 Å². The molecule has 2 nitrogen and oxygen atoms in total. The average molecular weight is 267 g/mol. The van der Waals surface area contributed by atoms with Crippen LogP contribution in [-0.2, 0) is 13.1 Å². The van der Waals surface area contributed by atoms with E-state index in [4.69, 9.17) is 17.3 Å². The third kappa shape index (κ3) is 3.22. The second-order valence-electron chi connectivity index (χ2n) is 3.94. The molecule has 4 heteroatoms. The lowest BCUT2D eigenvalue weighted by molar-refractivity contribution is 0.698. The second-order valence-corrected chi connectivity index (χ2v) is 5.74. The van der Waals surface area contributed by atoms with Gasteiger partial charge in [0.1, 0.15) is 0 Å². The zero-order chi connectivity index (χ0) is 12.3. The molecule has 1 aromatic heterocycles. The van der Waals surface area contributed by atoms with Crippen molar-refractivity contribution in [1.82, 2.24) is 5.32 Å². The molecule has 0 radical (unpaired) electrons. The van der Waals surface area contributed by atoms with E-state index in [1.165, 1.54) is 10.4 Å². The number of hydrogen-bond donors (Lipinski definition) is 2. The number of nitrogens with one attached hydrogen (secondary N) is 1. The van der Waals surface area contributed by atoms with E-state index in [0.29, 0.717) is 0 Å². The van der Waals surface area contributed by atoms with E-state index in [-0.39, 0.29) is 0 Å². The Labute approximate surface area is 110 Å². The Morgan fingerprint density at radius 2 is 2.06 bits per heavy atom. The Hall–Kier alpha value is -1.03. The van der Waals surface area contributed by atoms with Crippen molar-refractivity contribution in [2.75, 3.05) is 5.73 Å². The van der Waals surface area contributed by atoms with Gasteiger partial charge in [-0.25, -0.2) is 0 Å². The number of benzene rings is 1. The molecular formula is C13H15ClN2S. The molecule has 0 spiro atoms. The largest absolute Gasteiger partial charge is 0.399 e. The van der Waals surface area contributed by atoms with Crippen LogP contribution in [0.1, 0.15) is 16.0 Å². The quantitative estimate of drug-likeness (QED) is 0.830. The summed E-state index contributed by atoms with van der Waals surface area (Å²) in [4.78, 5) is 1.25. The van der Waals surface area contributed by atoms with Gasteiger partial charge in [-0.3, -0.25) is 0 Å². The van der Waals surface area contributed by atoms with Crippen molar-refractivity contribution < 1.29 is 0 Å². The fourth-order valence-corrected chi connectivity index (χ4v) is 2.72. The van der Waals surface area contributed by atoms with E-state index in [1.807, 2.05) is 31.2 Å². The van der Waals surface area contributed by atoms with Crippen LogP contribution in [0.2, 0.25) is 4.34 Å². The van der Waals surface area contributed by atoms with Crippen LogP contribution in [0, 0.1) is 6.92 Å². The number of nitrogen functional groups attached to an aromatic ring is 1. The van der Waals surface area contributed by atoms with Gasteiger partial charge < -0.3 is 11.1 Å². The van der Waals surface area contributed by atoms with Crippen molar-refractivity contribution in [1.29, 1.82) is 0 Å². The van der Waals surface area contributed by atoms with Crippen LogP contribution in [0.25, 0.3) is 0 Å². The first-order valence-electron chi connectivity index (χ1n) is 5.45. The van der Waals surface area contributed by atoms with Crippen LogP contribution in [-0.4, -0.2) is 0 Å². The average Bonchev–Trinajstić information content (AvgIpc) is 2.70. The van der Waals surface area contributed by atoms with Crippen LogP contribution in [0.15, 0.2) is 30.3 Å². The fourth-order valence-electron chi connectivity index (χ4n) is 1.66. The molecule has 0 saturated carbocycles. The molecule has 90 valence electrons. The molecule has 2 aromatic rings. The van der Waals surface area contributed by atoms with Crippen molar-refractivity contribution in [2.45, 2.75) is 20.0 Å². The molecule has 0 amide bonds. The van der Waals surface area contributed by atoms with E-state index < -0.39 is 0 Å². The molecule has 0 fully saturated rings. The predicted molar refractivity (Wildman–Crippen MR) is 75.5 cm³/mol. The van der Waals surface area contributed by atoms with Crippen LogP contribution >= 0.6 is 22.9 Å². The molecule has 0 aliphatic carbocycles. The maximum absolute atomic E-state index is 5.88. The number of halogens is 1. The van der Waals surface area contributed by atoms with E-state index in [2.05, 4.69) is 11.4 Å². The van der Waals surface area contributed by atoms with Gasteiger partial charge in [0.05, 0.1) is 4.34 Å². The van der Waals surface area contributed by atoms with Crippen molar-refractivity contribution >= 4 is 28.6 Å². The van der Waals surface area contributed by atoms with E-state index in [9.17, 15) is 0 Å². The first-order valence-corrected chi connectivity index (χ1v) is 6.65. The fraction of sp³-hybridized carbons (Fsp3) is 0.231. The molecule has 0 bridgehead atoms. The van der Waals surface area contributed by atoms with E-state index in [1.54, 1.807) is 11.3 Å². The third-order valence-electron chi connectivity index (χ3n) is 2.73. The summed E-state index contributed by atoms with van der Waals surface area (Å²) in [6.07, 6.45) is 0. The van der Waals surface area contributed by atoms with Crippen LogP contribution in [0.5, 0.6) is 0 Å². The number of thiophene rings is 1. The highest BCUT2D eigenvalue weighted by Gasteiger charge is 2.01. The lowest BCUT2D eigenvalue weighted by Gasteiger charge is -2.08. The maximum atomic E-state index is 5.88. The van der Waals surface area contributed by atoms with Gasteiger partial charge in [0.15, 0.2) is 0 Å². The molecule has 0 saturated heterocycles. The van der Waals surface area contributed by atoms with Gasteiger partial charge >= 0.3 is 0 Å². The molecule has 17 heavy (non-hydrogen) atoms. The Morgan fingerprint density at radius 1 is 1.24 bits per heavy atom. The standard InChI is InChI=1S/C13H15ClN2S/c1-9-10(3-2-4-12(9)15)7-16-8-11-5-6-13(14)17-11/h2-6,16H,7-8,15H2,1H3. The lowest BCUT2D eigenvalue weighted by atomic mass is 10.1. The van der Waals surface area contributed by atoms with Gasteiger partial charge in [0, 0.05) is 23.7 Å². The van der Waals surface area contributed by atoms with Crippen molar-refractivity contribution in [3.05, 3.63) is 50.7 Å². The minimum absolute atomic E-state index is 0.826. The summed E-state index contributed by atoms with van der Waals surface area (Å²) >= 11 is 7.49. The Kier molecular flexibility index (Phi) is 4.05. The first kappa shape index (κ1) is 12.4. The SMILES string of the molecule is Cc1c(N)cccc1CNCc1ccc(Cl)s1. The van der Waals surface area contributed by atoms with Gasteiger partial charge in [0.2, 0.25) is 0 Å². The van der Waals surface area contributed by atoms with Crippen LogP contribution in [0.4, 0.5) is 5.69 Å². The van der Waals surface area contributed by atoms with E-state index in [0.717, 1.165) is 28.7 Å². The highest BCUT2D eigenvalue weighted by molar-refractivity contribution is 7.16. The Balaban J connectivity index is 1.92. The minimum atomic E-state index is 0.826. The normalized spacial score (nSPS) is 10.7. The number of anilines is 1. The topological polar surface area (TPSA) is 38.0 Å². The maximum Gasteiger partial charge on any atom is 0.0931 e. The first-order chi connectivity index (χ1) is 8.16. The summed E-state index contributed by atoms with van der Waals surface area (Å²) in [5, 5.41) is 3.40. The van der Waals surface area contributed by atoms with Crippen molar-refractivity contribution in [3.63, 3.8) is 0 Å². The molecule has 0 aliphatic rings. The van der Waals surface area contributed by atoms with Gasteiger partial charge in [-0.2, -0.15) is 0 Å². The summed E-state index contributed by atoms with van der Waals surface area (Å²) in [5.74, 6) is 0. The van der Waals surface area contributed by atoms with Crippen molar-refractivity contribution in [3.8, 4) is 0 Å². The summed E-state index contributed by atoms with van der Waals surface area (Å²) in [6, 6.07) is 9.99. The highest BCUT2D eigenvalue weighted by atomic mass is 35.5. The minimum Gasteiger partial charge on any atom is -0.399 e. The Bertz CT molecular complexity index is 508. The molecule has 0 aliphatic heterocycles. The van der Waals surface area contributed by atoms with Gasteiger partial charge in [-0.15, -0.1) is 11.3 Å². The zero-order valence-electron chi connectivity index (χ0n) is 9.66. The smallest absolute Gasteiger partial charge is 0.0931 e. The second kappa shape index (κ2) is 5.54. The molecule has 2 rings (SSSR count).